The predicted octanol–water partition coefficient (Wildman–Crippen LogP) is 4.43. The summed E-state index contributed by atoms with van der Waals surface area (Å²) in [4.78, 5) is 17.3. The summed E-state index contributed by atoms with van der Waals surface area (Å²) in [5.41, 5.74) is 4.13. The van der Waals surface area contributed by atoms with E-state index in [4.69, 9.17) is 4.74 Å². The largest absolute Gasteiger partial charge is 0.378 e. The monoisotopic (exact) mass is 403 g/mol. The number of nitrogens with one attached hydrogen (secondary N) is 1. The molecule has 0 saturated carbocycles. The van der Waals surface area contributed by atoms with Gasteiger partial charge in [-0.05, 0) is 54.1 Å². The summed E-state index contributed by atoms with van der Waals surface area (Å²) in [6, 6.07) is 21.7. The highest BCUT2D eigenvalue weighted by Gasteiger charge is 2.34. The van der Waals surface area contributed by atoms with Gasteiger partial charge in [0.25, 0.3) is 5.91 Å². The number of halogens is 1. The molecule has 1 atom stereocenters. The first-order valence-corrected chi connectivity index (χ1v) is 10.1. The minimum Gasteiger partial charge on any atom is -0.378 e. The van der Waals surface area contributed by atoms with Gasteiger partial charge in [-0.2, -0.15) is 0 Å². The molecule has 0 aliphatic carbocycles. The van der Waals surface area contributed by atoms with Gasteiger partial charge in [-0.15, -0.1) is 0 Å². The van der Waals surface area contributed by atoms with E-state index in [2.05, 4.69) is 22.3 Å². The fourth-order valence-electron chi connectivity index (χ4n) is 4.04. The van der Waals surface area contributed by atoms with Gasteiger partial charge in [0.2, 0.25) is 0 Å². The fourth-order valence-corrected chi connectivity index (χ4v) is 4.04. The molecule has 2 aliphatic heterocycles. The van der Waals surface area contributed by atoms with E-state index in [1.165, 1.54) is 12.1 Å². The van der Waals surface area contributed by atoms with E-state index in [0.29, 0.717) is 11.3 Å². The smallest absolute Gasteiger partial charge is 0.262 e. The lowest BCUT2D eigenvalue weighted by molar-refractivity contribution is 0.0975. The first-order valence-electron chi connectivity index (χ1n) is 10.1. The van der Waals surface area contributed by atoms with Crippen LogP contribution < -0.4 is 15.1 Å². The van der Waals surface area contributed by atoms with Crippen molar-refractivity contribution in [1.82, 2.24) is 0 Å². The van der Waals surface area contributed by atoms with Gasteiger partial charge in [0, 0.05) is 30.2 Å². The average molecular weight is 403 g/mol. The first-order chi connectivity index (χ1) is 14.7. The summed E-state index contributed by atoms with van der Waals surface area (Å²) in [6.07, 6.45) is -0.392. The number of benzene rings is 3. The van der Waals surface area contributed by atoms with Crippen LogP contribution in [-0.2, 0) is 4.74 Å². The van der Waals surface area contributed by atoms with Gasteiger partial charge < -0.3 is 15.0 Å². The minimum absolute atomic E-state index is 0.113. The number of rotatable bonds is 3. The Balaban J connectivity index is 1.52. The lowest BCUT2D eigenvalue weighted by Crippen LogP contribution is -2.43. The van der Waals surface area contributed by atoms with Crippen molar-refractivity contribution in [3.63, 3.8) is 0 Å². The zero-order valence-electron chi connectivity index (χ0n) is 16.4. The molecule has 3 aromatic rings. The Bertz CT molecular complexity index is 1050. The van der Waals surface area contributed by atoms with Crippen molar-refractivity contribution >= 4 is 23.0 Å². The molecule has 0 aromatic heterocycles. The number of carbonyl (C=O) groups is 1. The molecule has 152 valence electrons. The molecule has 5 nitrogen and oxygen atoms in total. The van der Waals surface area contributed by atoms with Gasteiger partial charge in [-0.3, -0.25) is 9.69 Å². The van der Waals surface area contributed by atoms with Crippen molar-refractivity contribution in [3.05, 3.63) is 89.7 Å². The van der Waals surface area contributed by atoms with Gasteiger partial charge in [-0.25, -0.2) is 4.39 Å². The molecule has 0 unspecified atom stereocenters. The SMILES string of the molecule is O=C1c2ccccc2N[C@H](c2ccc(N3CCOCC3)cc2)N1c1ccc(F)cc1. The van der Waals surface area contributed by atoms with Crippen LogP contribution in [0.5, 0.6) is 0 Å². The highest BCUT2D eigenvalue weighted by atomic mass is 19.1. The number of morpholine rings is 1. The summed E-state index contributed by atoms with van der Waals surface area (Å²) in [5, 5.41) is 3.48. The third-order valence-electron chi connectivity index (χ3n) is 5.62. The minimum atomic E-state index is -0.392. The van der Waals surface area contributed by atoms with Crippen LogP contribution >= 0.6 is 0 Å². The zero-order valence-corrected chi connectivity index (χ0v) is 16.4. The second-order valence-corrected chi connectivity index (χ2v) is 7.43. The van der Waals surface area contributed by atoms with Crippen molar-refractivity contribution in [1.29, 1.82) is 0 Å². The van der Waals surface area contributed by atoms with E-state index in [0.717, 1.165) is 43.2 Å². The van der Waals surface area contributed by atoms with Crippen LogP contribution in [0.4, 0.5) is 21.5 Å². The van der Waals surface area contributed by atoms with Crippen LogP contribution in [0.1, 0.15) is 22.1 Å². The molecule has 1 saturated heterocycles. The predicted molar refractivity (Wildman–Crippen MR) is 115 cm³/mol. The van der Waals surface area contributed by atoms with Crippen molar-refractivity contribution in [2.24, 2.45) is 0 Å². The maximum absolute atomic E-state index is 13.5. The molecule has 1 amide bonds. The molecular weight excluding hydrogens is 381 g/mol. The number of carbonyl (C=O) groups excluding carboxylic acids is 1. The van der Waals surface area contributed by atoms with Crippen molar-refractivity contribution in [2.45, 2.75) is 6.17 Å². The molecule has 0 bridgehead atoms. The number of hydrogen-bond donors (Lipinski definition) is 1. The second-order valence-electron chi connectivity index (χ2n) is 7.43. The maximum atomic E-state index is 13.5. The maximum Gasteiger partial charge on any atom is 0.262 e. The Morgan fingerprint density at radius 2 is 1.53 bits per heavy atom. The van der Waals surface area contributed by atoms with Gasteiger partial charge in [0.05, 0.1) is 18.8 Å². The van der Waals surface area contributed by atoms with E-state index in [1.807, 2.05) is 30.3 Å². The van der Waals surface area contributed by atoms with E-state index >= 15 is 0 Å². The van der Waals surface area contributed by atoms with E-state index in [-0.39, 0.29) is 11.7 Å². The molecule has 5 rings (SSSR count). The molecule has 2 heterocycles. The van der Waals surface area contributed by atoms with Crippen LogP contribution in [0.15, 0.2) is 72.8 Å². The normalized spacial score (nSPS) is 18.7. The number of ether oxygens (including phenoxy) is 1. The van der Waals surface area contributed by atoms with Gasteiger partial charge in [-0.1, -0.05) is 24.3 Å². The standard InChI is InChI=1S/C24H22FN3O2/c25-18-7-11-20(12-8-18)28-23(26-22-4-2-1-3-21(22)24(28)29)17-5-9-19(10-6-17)27-13-15-30-16-14-27/h1-12,23,26H,13-16H2/t23-/m0/s1. The number of anilines is 3. The van der Waals surface area contributed by atoms with Gasteiger partial charge in [0.1, 0.15) is 12.0 Å². The average Bonchev–Trinajstić information content (AvgIpc) is 2.81. The topological polar surface area (TPSA) is 44.8 Å². The van der Waals surface area contributed by atoms with Crippen LogP contribution in [0.3, 0.4) is 0 Å². The molecule has 2 aliphatic rings. The molecule has 30 heavy (non-hydrogen) atoms. The van der Waals surface area contributed by atoms with Crippen LogP contribution in [-0.4, -0.2) is 32.2 Å². The van der Waals surface area contributed by atoms with Crippen molar-refractivity contribution < 1.29 is 13.9 Å². The van der Waals surface area contributed by atoms with Gasteiger partial charge in [0.15, 0.2) is 0 Å². The number of amides is 1. The lowest BCUT2D eigenvalue weighted by atomic mass is 10.0. The number of fused-ring (bicyclic) bond motifs is 1. The van der Waals surface area contributed by atoms with Crippen LogP contribution in [0.25, 0.3) is 0 Å². The number of nitrogens with zero attached hydrogens (tertiary/aromatic N) is 2. The summed E-state index contributed by atoms with van der Waals surface area (Å²) >= 11 is 0. The van der Waals surface area contributed by atoms with Crippen molar-refractivity contribution in [2.75, 3.05) is 41.4 Å². The Hall–Kier alpha value is -3.38. The summed E-state index contributed by atoms with van der Waals surface area (Å²) < 4.78 is 18.9. The zero-order chi connectivity index (χ0) is 20.5. The summed E-state index contributed by atoms with van der Waals surface area (Å²) in [6.45, 7) is 3.20. The number of hydrogen-bond acceptors (Lipinski definition) is 4. The Morgan fingerprint density at radius 3 is 2.27 bits per heavy atom. The molecule has 3 aromatic carbocycles. The fraction of sp³-hybridized carbons (Fsp3) is 0.208. The quantitative estimate of drug-likeness (QED) is 0.703. The number of para-hydroxylation sites is 1. The molecule has 1 fully saturated rings. The Kier molecular flexibility index (Phi) is 4.85. The van der Waals surface area contributed by atoms with E-state index in [1.54, 1.807) is 23.1 Å². The highest BCUT2D eigenvalue weighted by molar-refractivity contribution is 6.12. The summed E-state index contributed by atoms with van der Waals surface area (Å²) in [7, 11) is 0. The first kappa shape index (κ1) is 18.6. The second kappa shape index (κ2) is 7.80. The molecule has 0 spiro atoms. The molecule has 0 radical (unpaired) electrons. The lowest BCUT2D eigenvalue weighted by Gasteiger charge is -2.38. The van der Waals surface area contributed by atoms with Crippen LogP contribution in [0, 0.1) is 5.82 Å². The molecule has 6 heteroatoms. The third kappa shape index (κ3) is 3.39. The van der Waals surface area contributed by atoms with Crippen LogP contribution in [0.2, 0.25) is 0 Å². The summed E-state index contributed by atoms with van der Waals surface area (Å²) in [5.74, 6) is -0.443. The van der Waals surface area contributed by atoms with E-state index in [9.17, 15) is 9.18 Å². The van der Waals surface area contributed by atoms with Gasteiger partial charge >= 0.3 is 0 Å². The Morgan fingerprint density at radius 1 is 0.867 bits per heavy atom. The molecular formula is C24H22FN3O2. The third-order valence-corrected chi connectivity index (χ3v) is 5.62. The van der Waals surface area contributed by atoms with E-state index < -0.39 is 6.17 Å². The van der Waals surface area contributed by atoms with Crippen molar-refractivity contribution in [3.8, 4) is 0 Å². The highest BCUT2D eigenvalue weighted by Crippen LogP contribution is 2.37. The molecule has 1 N–H and O–H groups in total. The Labute approximate surface area is 174 Å².